The fraction of sp³-hybridized carbons (Fsp3) is 0.214. The molecule has 0 heterocycles. The van der Waals surface area contributed by atoms with E-state index in [0.717, 1.165) is 18.2 Å². The lowest BCUT2D eigenvalue weighted by molar-refractivity contribution is -0.385. The smallest absolute Gasteiger partial charge is 0.412 e. The molecule has 0 aliphatic heterocycles. The number of carbonyl (C=O) groups is 3. The van der Waals surface area contributed by atoms with Crippen LogP contribution in [0.25, 0.3) is 0 Å². The molecule has 2 N–H and O–H groups in total. The molecule has 1 aromatic carbocycles. The molecule has 0 saturated heterocycles. The number of nitrogens with one attached hydrogen (secondary N) is 1. The standard InChI is InChI=1S/C14H14N2O8/c1-8(2)13(19)23-6-5-15-14(20)24-11-4-3-9(12(17)18)7-10(11)16(21)22/h3-4,7H,1,5-6H2,2H3,(H,15,20)(H,17,18). The van der Waals surface area contributed by atoms with Crippen molar-refractivity contribution < 1.29 is 33.9 Å². The molecule has 0 saturated carbocycles. The van der Waals surface area contributed by atoms with Gasteiger partial charge in [0.05, 0.1) is 17.0 Å². The second kappa shape index (κ2) is 8.27. The fourth-order valence-corrected chi connectivity index (χ4v) is 1.44. The first-order chi connectivity index (χ1) is 11.2. The van der Waals surface area contributed by atoms with Crippen molar-refractivity contribution in [2.24, 2.45) is 0 Å². The number of rotatable bonds is 7. The Morgan fingerprint density at radius 1 is 1.38 bits per heavy atom. The van der Waals surface area contributed by atoms with Crippen molar-refractivity contribution in [3.63, 3.8) is 0 Å². The first-order valence-corrected chi connectivity index (χ1v) is 6.52. The van der Waals surface area contributed by atoms with E-state index >= 15 is 0 Å². The Morgan fingerprint density at radius 3 is 2.58 bits per heavy atom. The molecule has 0 bridgehead atoms. The quantitative estimate of drug-likeness (QED) is 0.250. The van der Waals surface area contributed by atoms with Gasteiger partial charge in [-0.25, -0.2) is 14.4 Å². The third-order valence-corrected chi connectivity index (χ3v) is 2.56. The van der Waals surface area contributed by atoms with Gasteiger partial charge in [0.1, 0.15) is 6.61 Å². The van der Waals surface area contributed by atoms with Gasteiger partial charge >= 0.3 is 23.7 Å². The average Bonchev–Trinajstić information content (AvgIpc) is 2.51. The van der Waals surface area contributed by atoms with E-state index in [1.165, 1.54) is 6.92 Å². The predicted octanol–water partition coefficient (Wildman–Crippen LogP) is 1.50. The van der Waals surface area contributed by atoms with Gasteiger partial charge in [-0.2, -0.15) is 0 Å². The zero-order chi connectivity index (χ0) is 18.3. The zero-order valence-electron chi connectivity index (χ0n) is 12.6. The molecule has 0 unspecified atom stereocenters. The Hall–Kier alpha value is -3.43. The molecule has 10 nitrogen and oxygen atoms in total. The molecule has 0 fully saturated rings. The van der Waals surface area contributed by atoms with Gasteiger partial charge in [0.2, 0.25) is 5.75 Å². The lowest BCUT2D eigenvalue weighted by Crippen LogP contribution is -2.30. The van der Waals surface area contributed by atoms with E-state index in [2.05, 4.69) is 11.9 Å². The summed E-state index contributed by atoms with van der Waals surface area (Å²) in [6, 6.07) is 2.84. The summed E-state index contributed by atoms with van der Waals surface area (Å²) in [4.78, 5) is 43.5. The Balaban J connectivity index is 2.63. The summed E-state index contributed by atoms with van der Waals surface area (Å²) < 4.78 is 9.48. The van der Waals surface area contributed by atoms with Crippen LogP contribution in [-0.4, -0.2) is 41.2 Å². The molecule has 1 aromatic rings. The number of aromatic carboxylic acids is 1. The van der Waals surface area contributed by atoms with Gasteiger partial charge in [0.15, 0.2) is 0 Å². The van der Waals surface area contributed by atoms with Crippen LogP contribution in [0.4, 0.5) is 10.5 Å². The van der Waals surface area contributed by atoms with Crippen molar-refractivity contribution in [3.8, 4) is 5.75 Å². The van der Waals surface area contributed by atoms with E-state index in [9.17, 15) is 24.5 Å². The lowest BCUT2D eigenvalue weighted by atomic mass is 10.2. The molecule has 0 aliphatic carbocycles. The van der Waals surface area contributed by atoms with Gasteiger partial charge in [-0.1, -0.05) is 6.58 Å². The fourth-order valence-electron chi connectivity index (χ4n) is 1.44. The molecule has 0 atom stereocenters. The second-order valence-electron chi connectivity index (χ2n) is 4.48. The molecule has 128 valence electrons. The van der Waals surface area contributed by atoms with E-state index in [0.29, 0.717) is 0 Å². The summed E-state index contributed by atoms with van der Waals surface area (Å²) in [6.07, 6.45) is -1.02. The number of hydrogen-bond acceptors (Lipinski definition) is 7. The van der Waals surface area contributed by atoms with Crippen LogP contribution in [0.5, 0.6) is 5.75 Å². The molecule has 0 aromatic heterocycles. The summed E-state index contributed by atoms with van der Waals surface area (Å²) in [7, 11) is 0. The van der Waals surface area contributed by atoms with Crippen molar-refractivity contribution in [3.05, 3.63) is 46.0 Å². The number of amides is 1. The molecule has 10 heteroatoms. The normalized spacial score (nSPS) is 9.71. The Kier molecular flexibility index (Phi) is 6.41. The summed E-state index contributed by atoms with van der Waals surface area (Å²) in [6.45, 7) is 4.62. The Labute approximate surface area is 135 Å². The van der Waals surface area contributed by atoms with Crippen LogP contribution >= 0.6 is 0 Å². The van der Waals surface area contributed by atoms with Crippen molar-refractivity contribution in [1.29, 1.82) is 0 Å². The van der Waals surface area contributed by atoms with E-state index in [4.69, 9.17) is 14.6 Å². The first-order valence-electron chi connectivity index (χ1n) is 6.52. The topological polar surface area (TPSA) is 145 Å². The van der Waals surface area contributed by atoms with Crippen LogP contribution in [0.2, 0.25) is 0 Å². The third kappa shape index (κ3) is 5.40. The molecule has 24 heavy (non-hydrogen) atoms. The van der Waals surface area contributed by atoms with Crippen molar-refractivity contribution in [1.82, 2.24) is 5.32 Å². The van der Waals surface area contributed by atoms with Crippen LogP contribution in [0.15, 0.2) is 30.4 Å². The van der Waals surface area contributed by atoms with Gasteiger partial charge in [-0.3, -0.25) is 10.1 Å². The molecule has 0 spiro atoms. The van der Waals surface area contributed by atoms with E-state index in [1.54, 1.807) is 0 Å². The average molecular weight is 338 g/mol. The van der Waals surface area contributed by atoms with Gasteiger partial charge in [0, 0.05) is 11.6 Å². The largest absolute Gasteiger partial charge is 0.478 e. The number of nitro benzene ring substituents is 1. The highest BCUT2D eigenvalue weighted by Crippen LogP contribution is 2.28. The maximum Gasteiger partial charge on any atom is 0.412 e. The van der Waals surface area contributed by atoms with Crippen LogP contribution in [-0.2, 0) is 9.53 Å². The maximum atomic E-state index is 11.6. The van der Waals surface area contributed by atoms with E-state index in [-0.39, 0.29) is 24.3 Å². The number of nitrogens with zero attached hydrogens (tertiary/aromatic N) is 1. The summed E-state index contributed by atoms with van der Waals surface area (Å²) in [5, 5.41) is 21.9. The van der Waals surface area contributed by atoms with Crippen molar-refractivity contribution in [2.45, 2.75) is 6.92 Å². The van der Waals surface area contributed by atoms with Crippen LogP contribution in [0.1, 0.15) is 17.3 Å². The van der Waals surface area contributed by atoms with Gasteiger partial charge < -0.3 is 19.9 Å². The number of carboxylic acid groups (broad SMARTS) is 1. The number of esters is 1. The highest BCUT2D eigenvalue weighted by atomic mass is 16.6. The predicted molar refractivity (Wildman–Crippen MR) is 79.9 cm³/mol. The number of ether oxygens (including phenoxy) is 2. The number of hydrogen-bond donors (Lipinski definition) is 2. The lowest BCUT2D eigenvalue weighted by Gasteiger charge is -2.08. The monoisotopic (exact) mass is 338 g/mol. The van der Waals surface area contributed by atoms with Crippen LogP contribution in [0, 0.1) is 10.1 Å². The van der Waals surface area contributed by atoms with E-state index < -0.39 is 34.4 Å². The minimum atomic E-state index is -1.35. The summed E-state index contributed by atoms with van der Waals surface area (Å²) in [5.74, 6) is -2.39. The van der Waals surface area contributed by atoms with Gasteiger partial charge in [-0.05, 0) is 19.1 Å². The van der Waals surface area contributed by atoms with Gasteiger partial charge in [0.25, 0.3) is 0 Å². The SMILES string of the molecule is C=C(C)C(=O)OCCNC(=O)Oc1ccc(C(=O)O)cc1[N+](=O)[O-]. The Morgan fingerprint density at radius 2 is 2.04 bits per heavy atom. The van der Waals surface area contributed by atoms with Crippen LogP contribution in [0.3, 0.4) is 0 Å². The number of carbonyl (C=O) groups excluding carboxylic acids is 2. The molecule has 0 radical (unpaired) electrons. The molecule has 0 aliphatic rings. The third-order valence-electron chi connectivity index (χ3n) is 2.56. The molecule has 1 amide bonds. The Bertz CT molecular complexity index is 698. The minimum Gasteiger partial charge on any atom is -0.478 e. The van der Waals surface area contributed by atoms with Crippen LogP contribution < -0.4 is 10.1 Å². The highest BCUT2D eigenvalue weighted by Gasteiger charge is 2.20. The number of carboxylic acids is 1. The number of nitro groups is 1. The van der Waals surface area contributed by atoms with E-state index in [1.807, 2.05) is 0 Å². The van der Waals surface area contributed by atoms with Crippen molar-refractivity contribution >= 4 is 23.7 Å². The summed E-state index contributed by atoms with van der Waals surface area (Å²) >= 11 is 0. The minimum absolute atomic E-state index is 0.0845. The summed E-state index contributed by atoms with van der Waals surface area (Å²) in [5.41, 5.74) is -0.786. The zero-order valence-corrected chi connectivity index (χ0v) is 12.6. The molecular formula is C14H14N2O8. The number of benzene rings is 1. The van der Waals surface area contributed by atoms with Gasteiger partial charge in [-0.15, -0.1) is 0 Å². The second-order valence-corrected chi connectivity index (χ2v) is 4.48. The van der Waals surface area contributed by atoms with Crippen molar-refractivity contribution in [2.75, 3.05) is 13.2 Å². The maximum absolute atomic E-state index is 11.6. The molecular weight excluding hydrogens is 324 g/mol. The molecule has 1 rings (SSSR count). The highest BCUT2D eigenvalue weighted by molar-refractivity contribution is 5.89. The first kappa shape index (κ1) is 18.6.